The molecule has 2 unspecified atom stereocenters. The lowest BCUT2D eigenvalue weighted by Crippen LogP contribution is -2.45. The van der Waals surface area contributed by atoms with Gasteiger partial charge in [0.2, 0.25) is 5.91 Å². The van der Waals surface area contributed by atoms with Gasteiger partial charge in [-0.2, -0.15) is 0 Å². The highest BCUT2D eigenvalue weighted by Crippen LogP contribution is 2.18. The van der Waals surface area contributed by atoms with Crippen LogP contribution in [0.2, 0.25) is 0 Å². The number of rotatable bonds is 60. The van der Waals surface area contributed by atoms with Gasteiger partial charge in [0.15, 0.2) is 0 Å². The van der Waals surface area contributed by atoms with E-state index in [9.17, 15) is 19.8 Å². The number of amides is 1. The summed E-state index contributed by atoms with van der Waals surface area (Å²) in [5.41, 5.74) is 0. The third-order valence-corrected chi connectivity index (χ3v) is 15.1. The normalized spacial score (nSPS) is 12.6. The van der Waals surface area contributed by atoms with Crippen LogP contribution in [0.4, 0.5) is 0 Å². The van der Waals surface area contributed by atoms with Gasteiger partial charge >= 0.3 is 5.97 Å². The molecule has 416 valence electrons. The van der Waals surface area contributed by atoms with E-state index in [1.807, 2.05) is 6.08 Å². The number of nitrogens with one attached hydrogen (secondary N) is 1. The summed E-state index contributed by atoms with van der Waals surface area (Å²) in [6.45, 7) is 4.93. The van der Waals surface area contributed by atoms with Crippen molar-refractivity contribution in [2.24, 2.45) is 0 Å². The lowest BCUT2D eigenvalue weighted by Gasteiger charge is -2.20. The monoisotopic (exact) mass is 988 g/mol. The zero-order valence-electron chi connectivity index (χ0n) is 47.5. The van der Waals surface area contributed by atoms with Crippen molar-refractivity contribution in [1.29, 1.82) is 0 Å². The first-order valence-corrected chi connectivity index (χ1v) is 32.0. The molecule has 0 saturated heterocycles. The SMILES string of the molecule is CCCCCCCCCCCCCCCCCC/C=C/C(O)C(CO)NC(=O)CCCCCCCCCCCCCCCCCCCCCOC(=O)CCCCCCCCCCCCCCCCCC. The fourth-order valence-electron chi connectivity index (χ4n) is 10.2. The molecular weight excluding hydrogens is 863 g/mol. The number of hydrogen-bond acceptors (Lipinski definition) is 5. The minimum Gasteiger partial charge on any atom is -0.466 e. The van der Waals surface area contributed by atoms with E-state index in [0.29, 0.717) is 19.4 Å². The zero-order valence-corrected chi connectivity index (χ0v) is 47.5. The second kappa shape index (κ2) is 60.2. The van der Waals surface area contributed by atoms with Crippen molar-refractivity contribution < 1.29 is 24.5 Å². The van der Waals surface area contributed by atoms with Crippen LogP contribution in [0.1, 0.15) is 361 Å². The Morgan fingerprint density at radius 1 is 0.386 bits per heavy atom. The maximum absolute atomic E-state index is 12.5. The summed E-state index contributed by atoms with van der Waals surface area (Å²) in [7, 11) is 0. The van der Waals surface area contributed by atoms with Crippen LogP contribution in [-0.4, -0.2) is 47.4 Å². The molecular formula is C64H125NO5. The largest absolute Gasteiger partial charge is 0.466 e. The molecule has 1 amide bonds. The summed E-state index contributed by atoms with van der Waals surface area (Å²) in [6.07, 6.45) is 72.5. The topological polar surface area (TPSA) is 95.9 Å². The number of esters is 1. The first-order chi connectivity index (χ1) is 34.5. The molecule has 0 bridgehead atoms. The van der Waals surface area contributed by atoms with Crippen LogP contribution in [0, 0.1) is 0 Å². The van der Waals surface area contributed by atoms with Crippen molar-refractivity contribution in [2.45, 2.75) is 373 Å². The lowest BCUT2D eigenvalue weighted by molar-refractivity contribution is -0.143. The van der Waals surface area contributed by atoms with Crippen molar-refractivity contribution in [3.05, 3.63) is 12.2 Å². The molecule has 0 rings (SSSR count). The van der Waals surface area contributed by atoms with Gasteiger partial charge < -0.3 is 20.3 Å². The first-order valence-electron chi connectivity index (χ1n) is 32.0. The van der Waals surface area contributed by atoms with E-state index >= 15 is 0 Å². The molecule has 0 aromatic rings. The number of hydrogen-bond donors (Lipinski definition) is 3. The predicted molar refractivity (Wildman–Crippen MR) is 306 cm³/mol. The fourth-order valence-corrected chi connectivity index (χ4v) is 10.2. The molecule has 0 heterocycles. The van der Waals surface area contributed by atoms with Gasteiger partial charge in [-0.3, -0.25) is 9.59 Å². The highest BCUT2D eigenvalue weighted by atomic mass is 16.5. The third kappa shape index (κ3) is 55.9. The predicted octanol–water partition coefficient (Wildman–Crippen LogP) is 20.0. The highest BCUT2D eigenvalue weighted by molar-refractivity contribution is 5.76. The number of carbonyl (C=O) groups excluding carboxylic acids is 2. The van der Waals surface area contributed by atoms with Gasteiger partial charge in [0.25, 0.3) is 0 Å². The number of carbonyl (C=O) groups is 2. The number of aliphatic hydroxyl groups excluding tert-OH is 2. The summed E-state index contributed by atoms with van der Waals surface area (Å²) < 4.78 is 5.49. The van der Waals surface area contributed by atoms with E-state index in [0.717, 1.165) is 38.5 Å². The molecule has 0 fully saturated rings. The average molecular weight is 989 g/mol. The van der Waals surface area contributed by atoms with Crippen molar-refractivity contribution >= 4 is 11.9 Å². The Morgan fingerprint density at radius 3 is 0.971 bits per heavy atom. The van der Waals surface area contributed by atoms with Crippen molar-refractivity contribution in [1.82, 2.24) is 5.32 Å². The van der Waals surface area contributed by atoms with Gasteiger partial charge in [-0.25, -0.2) is 0 Å². The molecule has 6 heteroatoms. The van der Waals surface area contributed by atoms with E-state index in [4.69, 9.17) is 4.74 Å². The maximum atomic E-state index is 12.5. The Kier molecular flexibility index (Phi) is 59.0. The second-order valence-corrected chi connectivity index (χ2v) is 22.1. The van der Waals surface area contributed by atoms with Crippen LogP contribution < -0.4 is 5.32 Å². The van der Waals surface area contributed by atoms with Crippen LogP contribution in [0.15, 0.2) is 12.2 Å². The summed E-state index contributed by atoms with van der Waals surface area (Å²) in [4.78, 5) is 24.6. The molecule has 0 radical (unpaired) electrons. The van der Waals surface area contributed by atoms with Gasteiger partial charge in [0.1, 0.15) is 0 Å². The average Bonchev–Trinajstić information content (AvgIpc) is 3.36. The second-order valence-electron chi connectivity index (χ2n) is 22.1. The van der Waals surface area contributed by atoms with E-state index < -0.39 is 12.1 Å². The van der Waals surface area contributed by atoms with Crippen molar-refractivity contribution in [3.63, 3.8) is 0 Å². The molecule has 0 aromatic carbocycles. The minimum atomic E-state index is -0.846. The third-order valence-electron chi connectivity index (χ3n) is 15.1. The Hall–Kier alpha value is -1.40. The minimum absolute atomic E-state index is 0.0126. The Balaban J connectivity index is 3.41. The summed E-state index contributed by atoms with van der Waals surface area (Å²) in [6, 6.07) is -0.630. The number of allylic oxidation sites excluding steroid dienone is 1. The Labute approximate surface area is 438 Å². The maximum Gasteiger partial charge on any atom is 0.305 e. The van der Waals surface area contributed by atoms with Crippen LogP contribution in [0.25, 0.3) is 0 Å². The molecule has 0 aromatic heterocycles. The fraction of sp³-hybridized carbons (Fsp3) is 0.938. The summed E-state index contributed by atoms with van der Waals surface area (Å²) in [5, 5.41) is 23.2. The molecule has 0 spiro atoms. The number of unbranched alkanes of at least 4 members (excludes halogenated alkanes) is 49. The Morgan fingerprint density at radius 2 is 0.657 bits per heavy atom. The van der Waals surface area contributed by atoms with Crippen molar-refractivity contribution in [2.75, 3.05) is 13.2 Å². The van der Waals surface area contributed by atoms with Crippen LogP contribution in [0.5, 0.6) is 0 Å². The van der Waals surface area contributed by atoms with Gasteiger partial charge in [0.05, 0.1) is 25.4 Å². The van der Waals surface area contributed by atoms with E-state index in [-0.39, 0.29) is 18.5 Å². The first kappa shape index (κ1) is 68.6. The van der Waals surface area contributed by atoms with Gasteiger partial charge in [-0.1, -0.05) is 328 Å². The van der Waals surface area contributed by atoms with Crippen LogP contribution in [-0.2, 0) is 14.3 Å². The van der Waals surface area contributed by atoms with Crippen LogP contribution in [0.3, 0.4) is 0 Å². The van der Waals surface area contributed by atoms with Gasteiger partial charge in [0, 0.05) is 12.8 Å². The smallest absolute Gasteiger partial charge is 0.305 e. The summed E-state index contributed by atoms with van der Waals surface area (Å²) in [5.74, 6) is -0.0547. The summed E-state index contributed by atoms with van der Waals surface area (Å²) >= 11 is 0. The lowest BCUT2D eigenvalue weighted by atomic mass is 10.0. The number of aliphatic hydroxyl groups is 2. The molecule has 0 aliphatic rings. The molecule has 0 aliphatic carbocycles. The highest BCUT2D eigenvalue weighted by Gasteiger charge is 2.18. The molecule has 3 N–H and O–H groups in total. The van der Waals surface area contributed by atoms with E-state index in [1.54, 1.807) is 6.08 Å². The van der Waals surface area contributed by atoms with Gasteiger partial charge in [-0.15, -0.1) is 0 Å². The van der Waals surface area contributed by atoms with Crippen molar-refractivity contribution in [3.8, 4) is 0 Å². The van der Waals surface area contributed by atoms with Gasteiger partial charge in [-0.05, 0) is 32.1 Å². The number of ether oxygens (including phenoxy) is 1. The van der Waals surface area contributed by atoms with E-state index in [2.05, 4.69) is 19.2 Å². The molecule has 0 saturated carbocycles. The molecule has 0 aliphatic heterocycles. The molecule has 70 heavy (non-hydrogen) atoms. The van der Waals surface area contributed by atoms with Crippen LogP contribution >= 0.6 is 0 Å². The quantitative estimate of drug-likeness (QED) is 0.0321. The molecule has 6 nitrogen and oxygen atoms in total. The zero-order chi connectivity index (χ0) is 50.7. The standard InChI is InChI=1S/C64H125NO5/c1-3-5-7-9-11-13-15-17-19-21-25-28-32-36-40-44-48-52-56-62(67)61(60-66)65-63(68)57-53-49-45-41-37-33-29-26-23-22-24-27-31-35-39-43-47-51-55-59-70-64(69)58-54-50-46-42-38-34-30-20-18-16-14-12-10-8-6-4-2/h52,56,61-62,66-67H,3-51,53-55,57-60H2,1-2H3,(H,65,68)/b56-52+. The van der Waals surface area contributed by atoms with E-state index in [1.165, 1.54) is 295 Å². The Bertz CT molecular complexity index is 1050. The molecule has 2 atom stereocenters.